The van der Waals surface area contributed by atoms with Crippen LogP contribution in [-0.2, 0) is 16.6 Å². The molecule has 0 spiro atoms. The van der Waals surface area contributed by atoms with Crippen LogP contribution in [0, 0.1) is 0 Å². The largest absolute Gasteiger partial charge is 0.296 e. The number of rotatable bonds is 5. The van der Waals surface area contributed by atoms with Gasteiger partial charge >= 0.3 is 0 Å². The van der Waals surface area contributed by atoms with Crippen LogP contribution in [0.5, 0.6) is 0 Å². The van der Waals surface area contributed by atoms with Gasteiger partial charge in [0.05, 0.1) is 0 Å². The molecule has 1 atom stereocenters. The van der Waals surface area contributed by atoms with Crippen LogP contribution in [0.1, 0.15) is 31.1 Å². The number of piperidine rings is 1. The van der Waals surface area contributed by atoms with Crippen LogP contribution in [0.2, 0.25) is 0 Å². The Morgan fingerprint density at radius 2 is 2.32 bits per heavy atom. The van der Waals surface area contributed by atoms with E-state index in [0.29, 0.717) is 15.4 Å². The van der Waals surface area contributed by atoms with Crippen LogP contribution in [-0.4, -0.2) is 30.9 Å². The summed E-state index contributed by atoms with van der Waals surface area (Å²) in [6.45, 7) is 4.20. The summed E-state index contributed by atoms with van der Waals surface area (Å²) >= 11 is 2.62. The molecule has 1 saturated heterocycles. The van der Waals surface area contributed by atoms with Crippen molar-refractivity contribution in [1.29, 1.82) is 0 Å². The predicted octanol–water partition coefficient (Wildman–Crippen LogP) is 3.38. The normalized spacial score (nSPS) is 20.1. The molecular formula is C14H19N3O2S3. The third-order valence-electron chi connectivity index (χ3n) is 3.83. The van der Waals surface area contributed by atoms with E-state index in [9.17, 15) is 8.42 Å². The molecule has 1 fully saturated rings. The molecule has 1 unspecified atom stereocenters. The van der Waals surface area contributed by atoms with Crippen molar-refractivity contribution < 1.29 is 8.42 Å². The van der Waals surface area contributed by atoms with E-state index in [0.717, 1.165) is 18.0 Å². The molecule has 2 aromatic rings. The summed E-state index contributed by atoms with van der Waals surface area (Å²) in [6.07, 6.45) is 5.54. The molecule has 0 amide bonds. The first-order valence-electron chi connectivity index (χ1n) is 7.30. The zero-order valence-electron chi connectivity index (χ0n) is 12.4. The molecule has 8 heteroatoms. The van der Waals surface area contributed by atoms with E-state index in [-0.39, 0.29) is 0 Å². The second-order valence-corrected chi connectivity index (χ2v) is 9.46. The van der Waals surface area contributed by atoms with Gasteiger partial charge in [-0.3, -0.25) is 9.62 Å². The average Bonchev–Trinajstić information content (AvgIpc) is 3.13. The van der Waals surface area contributed by atoms with Crippen LogP contribution in [0.3, 0.4) is 0 Å². The van der Waals surface area contributed by atoms with E-state index in [4.69, 9.17) is 0 Å². The average molecular weight is 358 g/mol. The number of sulfonamides is 1. The zero-order valence-corrected chi connectivity index (χ0v) is 14.8. The van der Waals surface area contributed by atoms with Crippen LogP contribution in [0.4, 0.5) is 5.13 Å². The molecule has 3 heterocycles. The highest BCUT2D eigenvalue weighted by Gasteiger charge is 2.20. The Labute approximate surface area is 139 Å². The van der Waals surface area contributed by atoms with Crippen molar-refractivity contribution in [1.82, 2.24) is 9.88 Å². The number of thiophene rings is 1. The fourth-order valence-corrected chi connectivity index (χ4v) is 5.68. The summed E-state index contributed by atoms with van der Waals surface area (Å²) in [6, 6.07) is 3.91. The number of hydrogen-bond acceptors (Lipinski definition) is 6. The maximum absolute atomic E-state index is 12.2. The Bertz CT molecular complexity index is 710. The number of nitrogens with one attached hydrogen (secondary N) is 1. The standard InChI is InChI=1S/C14H19N3O2S3/c1-11-5-2-3-7-17(11)10-12-9-15-14(21-12)16-22(18,19)13-6-4-8-20-13/h4,6,8-9,11H,2-3,5,7,10H2,1H3,(H,15,16). The highest BCUT2D eigenvalue weighted by molar-refractivity contribution is 7.94. The highest BCUT2D eigenvalue weighted by Crippen LogP contribution is 2.26. The number of hydrogen-bond donors (Lipinski definition) is 1. The van der Waals surface area contributed by atoms with Gasteiger partial charge in [-0.05, 0) is 37.8 Å². The number of nitrogens with zero attached hydrogens (tertiary/aromatic N) is 2. The molecule has 22 heavy (non-hydrogen) atoms. The fourth-order valence-electron chi connectivity index (χ4n) is 2.60. The number of aromatic nitrogens is 1. The molecule has 5 nitrogen and oxygen atoms in total. The predicted molar refractivity (Wildman–Crippen MR) is 91.0 cm³/mol. The van der Waals surface area contributed by atoms with Gasteiger partial charge < -0.3 is 0 Å². The van der Waals surface area contributed by atoms with Gasteiger partial charge in [0.1, 0.15) is 4.21 Å². The van der Waals surface area contributed by atoms with E-state index in [1.807, 2.05) is 0 Å². The first-order chi connectivity index (χ1) is 10.5. The van der Waals surface area contributed by atoms with Gasteiger partial charge in [0.15, 0.2) is 5.13 Å². The third-order valence-corrected chi connectivity index (χ3v) is 7.60. The maximum atomic E-state index is 12.2. The van der Waals surface area contributed by atoms with Gasteiger partial charge in [-0.1, -0.05) is 23.8 Å². The van der Waals surface area contributed by atoms with Crippen molar-refractivity contribution in [2.45, 2.75) is 43.0 Å². The monoisotopic (exact) mass is 357 g/mol. The molecule has 1 aliphatic heterocycles. The lowest BCUT2D eigenvalue weighted by molar-refractivity contribution is 0.154. The summed E-state index contributed by atoms with van der Waals surface area (Å²) in [7, 11) is -3.50. The molecular weight excluding hydrogens is 338 g/mol. The Morgan fingerprint density at radius 3 is 3.05 bits per heavy atom. The summed E-state index contributed by atoms with van der Waals surface area (Å²) in [5.41, 5.74) is 0. The van der Waals surface area contributed by atoms with Crippen LogP contribution >= 0.6 is 22.7 Å². The molecule has 2 aromatic heterocycles. The first-order valence-corrected chi connectivity index (χ1v) is 10.5. The lowest BCUT2D eigenvalue weighted by atomic mass is 10.0. The van der Waals surface area contributed by atoms with Crippen LogP contribution in [0.15, 0.2) is 27.9 Å². The van der Waals surface area contributed by atoms with E-state index < -0.39 is 10.0 Å². The molecule has 3 rings (SSSR count). The summed E-state index contributed by atoms with van der Waals surface area (Å²) < 4.78 is 27.2. The van der Waals surface area contributed by atoms with E-state index >= 15 is 0 Å². The molecule has 0 aliphatic carbocycles. The zero-order chi connectivity index (χ0) is 15.6. The van der Waals surface area contributed by atoms with Gasteiger partial charge in [0.25, 0.3) is 10.0 Å². The van der Waals surface area contributed by atoms with Crippen molar-refractivity contribution in [2.75, 3.05) is 11.3 Å². The first kappa shape index (κ1) is 15.9. The summed E-state index contributed by atoms with van der Waals surface area (Å²) in [4.78, 5) is 7.74. The minimum atomic E-state index is -3.50. The molecule has 0 bridgehead atoms. The molecule has 1 aliphatic rings. The molecule has 120 valence electrons. The minimum absolute atomic E-state index is 0.314. The fraction of sp³-hybridized carbons (Fsp3) is 0.500. The Morgan fingerprint density at radius 1 is 1.45 bits per heavy atom. The molecule has 0 aromatic carbocycles. The Balaban J connectivity index is 1.66. The van der Waals surface area contributed by atoms with Crippen molar-refractivity contribution in [3.8, 4) is 0 Å². The highest BCUT2D eigenvalue weighted by atomic mass is 32.2. The maximum Gasteiger partial charge on any atom is 0.273 e. The number of likely N-dealkylation sites (tertiary alicyclic amines) is 1. The number of thiazole rings is 1. The van der Waals surface area contributed by atoms with Crippen LogP contribution in [0.25, 0.3) is 0 Å². The third kappa shape index (κ3) is 3.68. The quantitative estimate of drug-likeness (QED) is 0.891. The van der Waals surface area contributed by atoms with Crippen molar-refractivity contribution >= 4 is 37.8 Å². The van der Waals surface area contributed by atoms with Gasteiger partial charge in [-0.15, -0.1) is 11.3 Å². The molecule has 0 radical (unpaired) electrons. The smallest absolute Gasteiger partial charge is 0.273 e. The van der Waals surface area contributed by atoms with Gasteiger partial charge in [-0.2, -0.15) is 0 Å². The summed E-state index contributed by atoms with van der Waals surface area (Å²) in [5, 5.41) is 2.19. The second-order valence-electron chi connectivity index (χ2n) is 5.48. The molecule has 1 N–H and O–H groups in total. The van der Waals surface area contributed by atoms with Crippen molar-refractivity contribution in [2.24, 2.45) is 0 Å². The topological polar surface area (TPSA) is 62.3 Å². The van der Waals surface area contributed by atoms with E-state index in [1.165, 1.54) is 41.9 Å². The van der Waals surface area contributed by atoms with Gasteiger partial charge in [0, 0.05) is 23.7 Å². The summed E-state index contributed by atoms with van der Waals surface area (Å²) in [5.74, 6) is 0. The van der Waals surface area contributed by atoms with E-state index in [1.54, 1.807) is 23.7 Å². The van der Waals surface area contributed by atoms with Crippen molar-refractivity contribution in [3.63, 3.8) is 0 Å². The lowest BCUT2D eigenvalue weighted by Gasteiger charge is -2.32. The lowest BCUT2D eigenvalue weighted by Crippen LogP contribution is -2.36. The molecule has 0 saturated carbocycles. The minimum Gasteiger partial charge on any atom is -0.296 e. The Hall–Kier alpha value is -0.960. The Kier molecular flexibility index (Phi) is 4.82. The van der Waals surface area contributed by atoms with E-state index in [2.05, 4.69) is 21.5 Å². The SMILES string of the molecule is CC1CCCCN1Cc1cnc(NS(=O)(=O)c2cccs2)s1. The second kappa shape index (κ2) is 6.66. The number of anilines is 1. The van der Waals surface area contributed by atoms with Crippen molar-refractivity contribution in [3.05, 3.63) is 28.6 Å². The van der Waals surface area contributed by atoms with Gasteiger partial charge in [-0.25, -0.2) is 13.4 Å². The van der Waals surface area contributed by atoms with Gasteiger partial charge in [0.2, 0.25) is 0 Å². The van der Waals surface area contributed by atoms with Crippen LogP contribution < -0.4 is 4.72 Å².